The van der Waals surface area contributed by atoms with E-state index in [1.165, 1.54) is 0 Å². The van der Waals surface area contributed by atoms with Crippen molar-refractivity contribution < 1.29 is 38.7 Å². The van der Waals surface area contributed by atoms with Crippen molar-refractivity contribution in [3.8, 4) is 0 Å². The predicted octanol–water partition coefficient (Wildman–Crippen LogP) is 1.85. The summed E-state index contributed by atoms with van der Waals surface area (Å²) < 4.78 is 14.7. The SMILES string of the molecule is CCCOC(=O)CC(CC(=O)OCCC)(OO)C(=O)OCCC. The number of hydrogen-bond acceptors (Lipinski definition) is 8. The molecular weight excluding hydrogens is 308 g/mol. The average molecular weight is 334 g/mol. The maximum atomic E-state index is 12.2. The van der Waals surface area contributed by atoms with Crippen molar-refractivity contribution in [1.82, 2.24) is 0 Å². The predicted molar refractivity (Wildman–Crippen MR) is 79.4 cm³/mol. The van der Waals surface area contributed by atoms with Crippen LogP contribution in [0.5, 0.6) is 0 Å². The van der Waals surface area contributed by atoms with Crippen molar-refractivity contribution in [1.29, 1.82) is 0 Å². The largest absolute Gasteiger partial charge is 0.466 e. The Hall–Kier alpha value is -1.67. The molecule has 0 amide bonds. The van der Waals surface area contributed by atoms with Gasteiger partial charge in [-0.05, 0) is 19.3 Å². The molecule has 0 aliphatic rings. The van der Waals surface area contributed by atoms with Gasteiger partial charge in [0.25, 0.3) is 0 Å². The van der Waals surface area contributed by atoms with Crippen LogP contribution in [0.1, 0.15) is 52.9 Å². The van der Waals surface area contributed by atoms with Gasteiger partial charge in [0.1, 0.15) is 0 Å². The quantitative estimate of drug-likeness (QED) is 0.249. The molecule has 0 rings (SSSR count). The van der Waals surface area contributed by atoms with E-state index in [2.05, 4.69) is 4.89 Å². The smallest absolute Gasteiger partial charge is 0.343 e. The highest BCUT2D eigenvalue weighted by molar-refractivity contribution is 5.90. The fourth-order valence-electron chi connectivity index (χ4n) is 1.64. The molecule has 1 N–H and O–H groups in total. The summed E-state index contributed by atoms with van der Waals surface area (Å²) in [5, 5.41) is 9.18. The van der Waals surface area contributed by atoms with Crippen LogP contribution < -0.4 is 0 Å². The summed E-state index contributed by atoms with van der Waals surface area (Å²) >= 11 is 0. The number of esters is 3. The minimum atomic E-state index is -2.16. The zero-order valence-corrected chi connectivity index (χ0v) is 14.0. The van der Waals surface area contributed by atoms with E-state index in [4.69, 9.17) is 14.2 Å². The topological polar surface area (TPSA) is 108 Å². The van der Waals surface area contributed by atoms with E-state index < -0.39 is 36.4 Å². The van der Waals surface area contributed by atoms with Crippen LogP contribution in [0.2, 0.25) is 0 Å². The minimum Gasteiger partial charge on any atom is -0.466 e. The number of rotatable bonds is 12. The molecule has 0 fully saturated rings. The van der Waals surface area contributed by atoms with Gasteiger partial charge in [0.2, 0.25) is 5.60 Å². The Morgan fingerprint density at radius 3 is 1.52 bits per heavy atom. The second-order valence-corrected chi connectivity index (χ2v) is 5.02. The molecule has 0 aromatic carbocycles. The highest BCUT2D eigenvalue weighted by Gasteiger charge is 2.47. The van der Waals surface area contributed by atoms with Crippen LogP contribution in [-0.2, 0) is 33.5 Å². The van der Waals surface area contributed by atoms with Crippen LogP contribution in [-0.4, -0.2) is 48.6 Å². The van der Waals surface area contributed by atoms with Gasteiger partial charge in [0.15, 0.2) is 0 Å². The van der Waals surface area contributed by atoms with Crippen molar-refractivity contribution in [2.45, 2.75) is 58.5 Å². The fourth-order valence-corrected chi connectivity index (χ4v) is 1.64. The summed E-state index contributed by atoms with van der Waals surface area (Å²) in [5.41, 5.74) is -2.16. The van der Waals surface area contributed by atoms with Gasteiger partial charge in [-0.3, -0.25) is 14.8 Å². The standard InChI is InChI=1S/C15H26O8/c1-4-7-20-12(16)10-15(23-19,14(18)22-9-6-3)11-13(17)21-8-5-2/h19H,4-11H2,1-3H3. The lowest BCUT2D eigenvalue weighted by Crippen LogP contribution is -2.46. The van der Waals surface area contributed by atoms with Gasteiger partial charge in [-0.1, -0.05) is 20.8 Å². The molecule has 0 atom stereocenters. The maximum Gasteiger partial charge on any atom is 0.343 e. The Balaban J connectivity index is 5.08. The fraction of sp³-hybridized carbons (Fsp3) is 0.800. The molecule has 0 aromatic heterocycles. The Morgan fingerprint density at radius 1 is 0.783 bits per heavy atom. The third-order valence-electron chi connectivity index (χ3n) is 2.78. The molecule has 0 unspecified atom stereocenters. The van der Waals surface area contributed by atoms with E-state index in [0.717, 1.165) is 0 Å². The number of carbonyl (C=O) groups excluding carboxylic acids is 3. The molecule has 0 bridgehead atoms. The lowest BCUT2D eigenvalue weighted by molar-refractivity contribution is -0.320. The number of ether oxygens (including phenoxy) is 3. The summed E-state index contributed by atoms with van der Waals surface area (Å²) in [6.45, 7) is 5.77. The first-order valence-electron chi connectivity index (χ1n) is 7.76. The second kappa shape index (κ2) is 11.8. The Morgan fingerprint density at radius 2 is 1.17 bits per heavy atom. The first kappa shape index (κ1) is 21.3. The van der Waals surface area contributed by atoms with Crippen molar-refractivity contribution in [3.63, 3.8) is 0 Å². The third kappa shape index (κ3) is 7.94. The molecule has 8 heteroatoms. The molecule has 0 spiro atoms. The summed E-state index contributed by atoms with van der Waals surface area (Å²) in [5.74, 6) is -2.57. The maximum absolute atomic E-state index is 12.2. The van der Waals surface area contributed by atoms with E-state index in [-0.39, 0.29) is 19.8 Å². The lowest BCUT2D eigenvalue weighted by atomic mass is 9.95. The Kier molecular flexibility index (Phi) is 11.0. The van der Waals surface area contributed by atoms with Gasteiger partial charge in [-0.2, -0.15) is 0 Å². The van der Waals surface area contributed by atoms with E-state index in [1.54, 1.807) is 20.8 Å². The Bertz CT molecular complexity index is 358. The summed E-state index contributed by atoms with van der Waals surface area (Å²) in [7, 11) is 0. The van der Waals surface area contributed by atoms with Crippen LogP contribution >= 0.6 is 0 Å². The van der Waals surface area contributed by atoms with E-state index >= 15 is 0 Å². The van der Waals surface area contributed by atoms with Crippen LogP contribution in [0.3, 0.4) is 0 Å². The normalized spacial score (nSPS) is 11.0. The van der Waals surface area contributed by atoms with Crippen molar-refractivity contribution >= 4 is 17.9 Å². The van der Waals surface area contributed by atoms with Crippen molar-refractivity contribution in [3.05, 3.63) is 0 Å². The molecule has 0 saturated carbocycles. The van der Waals surface area contributed by atoms with Gasteiger partial charge in [-0.25, -0.2) is 9.68 Å². The molecular formula is C15H26O8. The number of carbonyl (C=O) groups is 3. The first-order chi connectivity index (χ1) is 11.0. The van der Waals surface area contributed by atoms with E-state index in [1.807, 2.05) is 0 Å². The van der Waals surface area contributed by atoms with Crippen molar-refractivity contribution in [2.75, 3.05) is 19.8 Å². The van der Waals surface area contributed by atoms with Gasteiger partial charge in [0, 0.05) is 0 Å². The molecule has 23 heavy (non-hydrogen) atoms. The van der Waals surface area contributed by atoms with Crippen LogP contribution in [0, 0.1) is 0 Å². The van der Waals surface area contributed by atoms with Crippen molar-refractivity contribution in [2.24, 2.45) is 0 Å². The van der Waals surface area contributed by atoms with Crippen LogP contribution in [0.25, 0.3) is 0 Å². The highest BCUT2D eigenvalue weighted by Crippen LogP contribution is 2.24. The lowest BCUT2D eigenvalue weighted by Gasteiger charge is -2.26. The molecule has 0 saturated heterocycles. The zero-order valence-electron chi connectivity index (χ0n) is 14.0. The highest BCUT2D eigenvalue weighted by atomic mass is 17.1. The van der Waals surface area contributed by atoms with Crippen LogP contribution in [0.4, 0.5) is 0 Å². The average Bonchev–Trinajstić information content (AvgIpc) is 2.55. The molecule has 0 aliphatic carbocycles. The monoisotopic (exact) mass is 334 g/mol. The summed E-state index contributed by atoms with van der Waals surface area (Å²) in [4.78, 5) is 39.9. The number of hydrogen-bond donors (Lipinski definition) is 1. The Labute approximate surface area is 136 Å². The van der Waals surface area contributed by atoms with Gasteiger partial charge in [0.05, 0.1) is 32.7 Å². The van der Waals surface area contributed by atoms with Gasteiger partial charge < -0.3 is 14.2 Å². The molecule has 0 heterocycles. The summed E-state index contributed by atoms with van der Waals surface area (Å²) in [6, 6.07) is 0. The first-order valence-corrected chi connectivity index (χ1v) is 7.76. The molecule has 0 aromatic rings. The third-order valence-corrected chi connectivity index (χ3v) is 2.78. The second-order valence-electron chi connectivity index (χ2n) is 5.02. The van der Waals surface area contributed by atoms with E-state index in [0.29, 0.717) is 19.3 Å². The van der Waals surface area contributed by atoms with Gasteiger partial charge in [-0.15, -0.1) is 0 Å². The van der Waals surface area contributed by atoms with E-state index in [9.17, 15) is 19.6 Å². The molecule has 134 valence electrons. The van der Waals surface area contributed by atoms with Crippen LogP contribution in [0.15, 0.2) is 0 Å². The minimum absolute atomic E-state index is 0.0674. The van der Waals surface area contributed by atoms with Gasteiger partial charge >= 0.3 is 17.9 Å². The molecule has 0 radical (unpaired) electrons. The zero-order chi connectivity index (χ0) is 17.7. The summed E-state index contributed by atoms with van der Waals surface area (Å²) in [6.07, 6.45) is 0.434. The molecule has 8 nitrogen and oxygen atoms in total. The molecule has 0 aliphatic heterocycles.